The number of carbonyl (C=O) groups is 1. The maximum atomic E-state index is 11.5. The van der Waals surface area contributed by atoms with Crippen molar-refractivity contribution in [2.24, 2.45) is 0 Å². The Hall–Kier alpha value is -1.34. The number of carbonyl (C=O) groups excluding carboxylic acids is 1. The number of nitrogens with zero attached hydrogens (tertiary/aromatic N) is 1. The number of nitrogens with one attached hydrogen (secondary N) is 1. The Morgan fingerprint density at radius 3 is 2.57 bits per heavy atom. The van der Waals surface area contributed by atoms with E-state index in [0.717, 1.165) is 0 Å². The van der Waals surface area contributed by atoms with Crippen LogP contribution in [-0.4, -0.2) is 44.3 Å². The molecular weight excluding hydrogens is 288 g/mol. The predicted molar refractivity (Wildman–Crippen MR) is 83.2 cm³/mol. The minimum absolute atomic E-state index is 0.177. The maximum Gasteiger partial charge on any atom is 0.356 e. The fraction of sp³-hybridized carbons (Fsp3) is 0.714. The van der Waals surface area contributed by atoms with Gasteiger partial charge in [-0.2, -0.15) is 0 Å². The van der Waals surface area contributed by atoms with Crippen molar-refractivity contribution in [1.82, 2.24) is 10.2 Å². The van der Waals surface area contributed by atoms with Gasteiger partial charge in [0.1, 0.15) is 12.3 Å². The largest absolute Gasteiger partial charge is 0.474 e. The first-order chi connectivity index (χ1) is 9.67. The Balaban J connectivity index is 2.39. The van der Waals surface area contributed by atoms with E-state index in [-0.39, 0.29) is 10.7 Å². The van der Waals surface area contributed by atoms with Gasteiger partial charge in [0.2, 0.25) is 5.88 Å². The molecule has 0 aliphatic heterocycles. The van der Waals surface area contributed by atoms with E-state index in [4.69, 9.17) is 13.9 Å². The molecule has 1 rings (SSSR count). The topological polar surface area (TPSA) is 73.4 Å². The number of esters is 1. The molecule has 1 aromatic heterocycles. The van der Waals surface area contributed by atoms with Crippen LogP contribution in [0.1, 0.15) is 38.2 Å². The predicted octanol–water partition coefficient (Wildman–Crippen LogP) is 2.99. The van der Waals surface area contributed by atoms with Crippen molar-refractivity contribution in [1.29, 1.82) is 0 Å². The van der Waals surface area contributed by atoms with Crippen molar-refractivity contribution < 1.29 is 18.7 Å². The Morgan fingerprint density at radius 1 is 1.33 bits per heavy atom. The van der Waals surface area contributed by atoms with Gasteiger partial charge in [0, 0.05) is 6.07 Å². The molecule has 0 aliphatic carbocycles. The van der Waals surface area contributed by atoms with E-state index in [1.54, 1.807) is 6.92 Å². The van der Waals surface area contributed by atoms with Crippen LogP contribution in [0, 0.1) is 0 Å². The standard InChI is InChI=1S/C14H26N2O4Si/c1-7-18-13(17)11-10-12(16-15-11)19-8-9-20-21(5,6)14(2,3)4/h10H,7-9H2,1-6H3,(H,15,16). The summed E-state index contributed by atoms with van der Waals surface area (Å²) in [5.41, 5.74) is 0.289. The van der Waals surface area contributed by atoms with Gasteiger partial charge < -0.3 is 13.9 Å². The van der Waals surface area contributed by atoms with Crippen molar-refractivity contribution in [2.75, 3.05) is 19.8 Å². The second-order valence-corrected chi connectivity index (χ2v) is 11.1. The molecule has 0 bridgehead atoms. The molecule has 0 fully saturated rings. The Morgan fingerprint density at radius 2 is 2.00 bits per heavy atom. The number of hydrogen-bond donors (Lipinski definition) is 1. The number of hydrogen-bond acceptors (Lipinski definition) is 5. The van der Waals surface area contributed by atoms with Crippen LogP contribution in [0.4, 0.5) is 0 Å². The van der Waals surface area contributed by atoms with E-state index < -0.39 is 14.3 Å². The summed E-state index contributed by atoms with van der Waals surface area (Å²) in [5, 5.41) is 6.68. The third kappa shape index (κ3) is 5.17. The van der Waals surface area contributed by atoms with Gasteiger partial charge in [0.05, 0.1) is 13.2 Å². The van der Waals surface area contributed by atoms with Gasteiger partial charge in [-0.05, 0) is 25.1 Å². The second kappa shape index (κ2) is 7.08. The van der Waals surface area contributed by atoms with Crippen molar-refractivity contribution in [3.63, 3.8) is 0 Å². The van der Waals surface area contributed by atoms with Crippen LogP contribution in [0.25, 0.3) is 0 Å². The lowest BCUT2D eigenvalue weighted by Gasteiger charge is -2.36. The van der Waals surface area contributed by atoms with E-state index in [1.807, 2.05) is 0 Å². The van der Waals surface area contributed by atoms with Gasteiger partial charge in [0.15, 0.2) is 8.32 Å². The highest BCUT2D eigenvalue weighted by atomic mass is 28.4. The molecule has 21 heavy (non-hydrogen) atoms. The van der Waals surface area contributed by atoms with E-state index in [0.29, 0.717) is 25.7 Å². The Bertz CT molecular complexity index is 466. The SMILES string of the molecule is CCOC(=O)c1cc(OCCO[Si](C)(C)C(C)(C)C)n[nH]1. The summed E-state index contributed by atoms with van der Waals surface area (Å²) in [5.74, 6) is -0.0609. The summed E-state index contributed by atoms with van der Waals surface area (Å²) in [6.45, 7) is 14.0. The molecule has 0 saturated heterocycles. The lowest BCUT2D eigenvalue weighted by atomic mass is 10.2. The number of rotatable bonds is 7. The average Bonchev–Trinajstić information content (AvgIpc) is 2.82. The molecule has 0 aliphatic rings. The highest BCUT2D eigenvalue weighted by Gasteiger charge is 2.36. The third-order valence-electron chi connectivity index (χ3n) is 3.65. The van der Waals surface area contributed by atoms with Crippen LogP contribution >= 0.6 is 0 Å². The molecular formula is C14H26N2O4Si. The second-order valence-electron chi connectivity index (χ2n) is 6.30. The van der Waals surface area contributed by atoms with Crippen LogP contribution in [-0.2, 0) is 9.16 Å². The van der Waals surface area contributed by atoms with Crippen LogP contribution < -0.4 is 4.74 Å². The minimum Gasteiger partial charge on any atom is -0.474 e. The number of aromatic nitrogens is 2. The first kappa shape index (κ1) is 17.7. The molecule has 0 aromatic carbocycles. The molecule has 0 saturated carbocycles. The van der Waals surface area contributed by atoms with Crippen LogP contribution in [0.3, 0.4) is 0 Å². The molecule has 1 aromatic rings. The average molecular weight is 314 g/mol. The van der Waals surface area contributed by atoms with Gasteiger partial charge in [-0.25, -0.2) is 4.79 Å². The van der Waals surface area contributed by atoms with Crippen LogP contribution in [0.5, 0.6) is 5.88 Å². The maximum absolute atomic E-state index is 11.5. The molecule has 1 N–H and O–H groups in total. The zero-order valence-corrected chi connectivity index (χ0v) is 14.8. The van der Waals surface area contributed by atoms with Crippen LogP contribution in [0.15, 0.2) is 6.07 Å². The first-order valence-corrected chi connectivity index (χ1v) is 10.1. The Kier molecular flexibility index (Phi) is 5.97. The normalized spacial score (nSPS) is 12.3. The van der Waals surface area contributed by atoms with Crippen LogP contribution in [0.2, 0.25) is 18.1 Å². The third-order valence-corrected chi connectivity index (χ3v) is 8.19. The zero-order valence-electron chi connectivity index (χ0n) is 13.8. The van der Waals surface area contributed by atoms with E-state index in [9.17, 15) is 4.79 Å². The summed E-state index contributed by atoms with van der Waals surface area (Å²) in [7, 11) is -1.75. The first-order valence-electron chi connectivity index (χ1n) is 7.16. The molecule has 0 radical (unpaired) electrons. The molecule has 0 amide bonds. The quantitative estimate of drug-likeness (QED) is 0.476. The highest BCUT2D eigenvalue weighted by molar-refractivity contribution is 6.74. The van der Waals surface area contributed by atoms with Gasteiger partial charge in [-0.15, -0.1) is 5.10 Å². The summed E-state index contributed by atoms with van der Waals surface area (Å²) >= 11 is 0. The van der Waals surface area contributed by atoms with Crippen molar-refractivity contribution in [3.8, 4) is 5.88 Å². The highest BCUT2D eigenvalue weighted by Crippen LogP contribution is 2.36. The Labute approximate surface area is 127 Å². The fourth-order valence-electron chi connectivity index (χ4n) is 1.35. The van der Waals surface area contributed by atoms with Gasteiger partial charge in [-0.3, -0.25) is 5.10 Å². The summed E-state index contributed by atoms with van der Waals surface area (Å²) in [4.78, 5) is 11.5. The zero-order chi connectivity index (χ0) is 16.1. The van der Waals surface area contributed by atoms with Crippen molar-refractivity contribution >= 4 is 14.3 Å². The van der Waals surface area contributed by atoms with Crippen molar-refractivity contribution in [3.05, 3.63) is 11.8 Å². The smallest absolute Gasteiger partial charge is 0.356 e. The summed E-state index contributed by atoms with van der Waals surface area (Å²) < 4.78 is 16.3. The molecule has 120 valence electrons. The fourth-order valence-corrected chi connectivity index (χ4v) is 2.38. The molecule has 0 spiro atoms. The number of ether oxygens (including phenoxy) is 2. The van der Waals surface area contributed by atoms with Gasteiger partial charge >= 0.3 is 5.97 Å². The molecule has 0 unspecified atom stereocenters. The van der Waals surface area contributed by atoms with E-state index >= 15 is 0 Å². The molecule has 7 heteroatoms. The summed E-state index contributed by atoms with van der Waals surface area (Å²) in [6.07, 6.45) is 0. The minimum atomic E-state index is -1.75. The number of H-pyrrole nitrogens is 1. The van der Waals surface area contributed by atoms with Gasteiger partial charge in [0.25, 0.3) is 0 Å². The van der Waals surface area contributed by atoms with E-state index in [2.05, 4.69) is 44.1 Å². The lowest BCUT2D eigenvalue weighted by Crippen LogP contribution is -2.41. The summed E-state index contributed by atoms with van der Waals surface area (Å²) in [6, 6.07) is 1.53. The molecule has 0 atom stereocenters. The molecule has 1 heterocycles. The van der Waals surface area contributed by atoms with Crippen molar-refractivity contribution in [2.45, 2.75) is 45.8 Å². The lowest BCUT2D eigenvalue weighted by molar-refractivity contribution is 0.0519. The number of aromatic amines is 1. The van der Waals surface area contributed by atoms with E-state index in [1.165, 1.54) is 6.07 Å². The van der Waals surface area contributed by atoms with Gasteiger partial charge in [-0.1, -0.05) is 20.8 Å². The monoisotopic (exact) mass is 314 g/mol. The molecule has 6 nitrogen and oxygen atoms in total.